The summed E-state index contributed by atoms with van der Waals surface area (Å²) in [5.41, 5.74) is 6.30. The van der Waals surface area contributed by atoms with E-state index in [1.54, 1.807) is 0 Å². The first-order valence-corrected chi connectivity index (χ1v) is 5.29. The van der Waals surface area contributed by atoms with Crippen molar-refractivity contribution in [2.24, 2.45) is 5.84 Å². The van der Waals surface area contributed by atoms with Crippen LogP contribution in [0.4, 0.5) is 0 Å². The monoisotopic (exact) mass is 224 g/mol. The van der Waals surface area contributed by atoms with Gasteiger partial charge < -0.3 is 0 Å². The van der Waals surface area contributed by atoms with Gasteiger partial charge in [-0.2, -0.15) is 0 Å². The van der Waals surface area contributed by atoms with E-state index in [0.717, 1.165) is 10.6 Å². The number of hydrazine groups is 1. The second-order valence-electron chi connectivity index (χ2n) is 3.89. The summed E-state index contributed by atoms with van der Waals surface area (Å²) >= 11 is 5.97. The average Bonchev–Trinajstić information content (AvgIpc) is 2.18. The Morgan fingerprint density at radius 3 is 2.67 bits per heavy atom. The molecule has 0 saturated carbocycles. The van der Waals surface area contributed by atoms with Crippen LogP contribution in [0.25, 0.3) is 0 Å². The van der Waals surface area contributed by atoms with Gasteiger partial charge in [0.1, 0.15) is 0 Å². The highest BCUT2D eigenvalue weighted by atomic mass is 35.5. The maximum absolute atomic E-state index is 5.97. The van der Waals surface area contributed by atoms with Crippen molar-refractivity contribution in [2.75, 3.05) is 0 Å². The average molecular weight is 225 g/mol. The number of halogens is 1. The van der Waals surface area contributed by atoms with Crippen LogP contribution in [-0.2, 0) is 0 Å². The highest BCUT2D eigenvalue weighted by Gasteiger charge is 2.09. The van der Waals surface area contributed by atoms with Gasteiger partial charge in [0.25, 0.3) is 0 Å². The van der Waals surface area contributed by atoms with Crippen LogP contribution in [0.2, 0.25) is 5.02 Å². The predicted octanol–water partition coefficient (Wildman–Crippen LogP) is 3.12. The van der Waals surface area contributed by atoms with E-state index in [1.807, 2.05) is 32.0 Å². The third kappa shape index (κ3) is 3.34. The van der Waals surface area contributed by atoms with Crippen LogP contribution in [0.5, 0.6) is 0 Å². The Morgan fingerprint density at radius 1 is 1.47 bits per heavy atom. The van der Waals surface area contributed by atoms with E-state index in [2.05, 4.69) is 18.4 Å². The largest absolute Gasteiger partial charge is 0.271 e. The van der Waals surface area contributed by atoms with Gasteiger partial charge in [-0.05, 0) is 44.0 Å². The summed E-state index contributed by atoms with van der Waals surface area (Å²) in [6, 6.07) is 5.85. The molecule has 82 valence electrons. The topological polar surface area (TPSA) is 38.0 Å². The van der Waals surface area contributed by atoms with Crippen LogP contribution < -0.4 is 11.3 Å². The summed E-state index contributed by atoms with van der Waals surface area (Å²) in [7, 11) is 0. The van der Waals surface area contributed by atoms with E-state index in [0.29, 0.717) is 0 Å². The van der Waals surface area contributed by atoms with Crippen molar-refractivity contribution >= 4 is 11.6 Å². The third-order valence-electron chi connectivity index (χ3n) is 2.26. The van der Waals surface area contributed by atoms with Crippen molar-refractivity contribution in [1.82, 2.24) is 5.43 Å². The number of rotatable bonds is 3. The lowest BCUT2D eigenvalue weighted by Gasteiger charge is -2.15. The molecule has 2 nitrogen and oxygen atoms in total. The molecule has 0 bridgehead atoms. The highest BCUT2D eigenvalue weighted by molar-refractivity contribution is 6.30. The minimum Gasteiger partial charge on any atom is -0.271 e. The van der Waals surface area contributed by atoms with Gasteiger partial charge in [-0.15, -0.1) is 0 Å². The van der Waals surface area contributed by atoms with Crippen molar-refractivity contribution in [3.8, 4) is 0 Å². The standard InChI is InChI=1S/C12H17ClN2/c1-8(2)6-12(15-14)11-7-10(13)5-4-9(11)3/h4-7,12,15H,14H2,1-3H3. The molecule has 15 heavy (non-hydrogen) atoms. The first-order valence-electron chi connectivity index (χ1n) is 4.92. The van der Waals surface area contributed by atoms with E-state index in [-0.39, 0.29) is 6.04 Å². The van der Waals surface area contributed by atoms with Gasteiger partial charge in [-0.3, -0.25) is 5.84 Å². The Bertz CT molecular complexity index is 368. The number of benzene rings is 1. The molecule has 3 heteroatoms. The Labute approximate surface area is 96.1 Å². The van der Waals surface area contributed by atoms with Crippen LogP contribution in [-0.4, -0.2) is 0 Å². The number of nitrogens with one attached hydrogen (secondary N) is 1. The number of aryl methyl sites for hydroxylation is 1. The normalized spacial score (nSPS) is 12.3. The van der Waals surface area contributed by atoms with Crippen molar-refractivity contribution in [3.05, 3.63) is 46.0 Å². The molecule has 0 amide bonds. The van der Waals surface area contributed by atoms with E-state index in [9.17, 15) is 0 Å². The van der Waals surface area contributed by atoms with Crippen LogP contribution in [0.3, 0.4) is 0 Å². The molecular weight excluding hydrogens is 208 g/mol. The summed E-state index contributed by atoms with van der Waals surface area (Å²) in [6.07, 6.45) is 2.08. The smallest absolute Gasteiger partial charge is 0.0646 e. The van der Waals surface area contributed by atoms with Gasteiger partial charge in [0, 0.05) is 5.02 Å². The molecule has 1 aromatic rings. The van der Waals surface area contributed by atoms with Gasteiger partial charge in [0.2, 0.25) is 0 Å². The van der Waals surface area contributed by atoms with Crippen LogP contribution in [0.15, 0.2) is 29.8 Å². The van der Waals surface area contributed by atoms with Crippen molar-refractivity contribution in [2.45, 2.75) is 26.8 Å². The zero-order valence-corrected chi connectivity index (χ0v) is 10.1. The molecule has 0 fully saturated rings. The Balaban J connectivity index is 3.11. The molecule has 1 unspecified atom stereocenters. The Kier molecular flexibility index (Phi) is 4.33. The van der Waals surface area contributed by atoms with Gasteiger partial charge in [0.15, 0.2) is 0 Å². The molecule has 0 spiro atoms. The molecule has 1 rings (SSSR count). The predicted molar refractivity (Wildman–Crippen MR) is 65.7 cm³/mol. The molecule has 0 aliphatic carbocycles. The summed E-state index contributed by atoms with van der Waals surface area (Å²) in [5, 5.41) is 0.734. The summed E-state index contributed by atoms with van der Waals surface area (Å²) in [6.45, 7) is 6.14. The van der Waals surface area contributed by atoms with E-state index < -0.39 is 0 Å². The van der Waals surface area contributed by atoms with Crippen molar-refractivity contribution < 1.29 is 0 Å². The van der Waals surface area contributed by atoms with Crippen LogP contribution in [0.1, 0.15) is 31.0 Å². The zero-order chi connectivity index (χ0) is 11.4. The molecule has 0 radical (unpaired) electrons. The summed E-state index contributed by atoms with van der Waals surface area (Å²) < 4.78 is 0. The van der Waals surface area contributed by atoms with Crippen molar-refractivity contribution in [1.29, 1.82) is 0 Å². The zero-order valence-electron chi connectivity index (χ0n) is 9.34. The fourth-order valence-electron chi connectivity index (χ4n) is 1.51. The number of allylic oxidation sites excluding steroid dienone is 1. The summed E-state index contributed by atoms with van der Waals surface area (Å²) in [5.74, 6) is 5.53. The fourth-order valence-corrected chi connectivity index (χ4v) is 1.69. The van der Waals surface area contributed by atoms with Gasteiger partial charge in [-0.25, -0.2) is 5.43 Å². The lowest BCUT2D eigenvalue weighted by molar-refractivity contribution is 0.648. The Morgan fingerprint density at radius 2 is 2.13 bits per heavy atom. The molecule has 1 atom stereocenters. The van der Waals surface area contributed by atoms with E-state index in [1.165, 1.54) is 11.1 Å². The molecular formula is C12H17ClN2. The highest BCUT2D eigenvalue weighted by Crippen LogP contribution is 2.23. The lowest BCUT2D eigenvalue weighted by atomic mass is 10.0. The number of hydrogen-bond acceptors (Lipinski definition) is 2. The third-order valence-corrected chi connectivity index (χ3v) is 2.49. The molecule has 0 aromatic heterocycles. The van der Waals surface area contributed by atoms with Gasteiger partial charge in [-0.1, -0.05) is 29.3 Å². The quantitative estimate of drug-likeness (QED) is 0.470. The molecule has 0 heterocycles. The second kappa shape index (κ2) is 5.31. The molecule has 1 aromatic carbocycles. The minimum atomic E-state index is 0.0219. The maximum Gasteiger partial charge on any atom is 0.0646 e. The van der Waals surface area contributed by atoms with Gasteiger partial charge >= 0.3 is 0 Å². The van der Waals surface area contributed by atoms with Crippen LogP contribution >= 0.6 is 11.6 Å². The molecule has 0 aliphatic rings. The minimum absolute atomic E-state index is 0.0219. The first kappa shape index (κ1) is 12.2. The first-order chi connectivity index (χ1) is 7.04. The van der Waals surface area contributed by atoms with Crippen molar-refractivity contribution in [3.63, 3.8) is 0 Å². The number of nitrogens with two attached hydrogens (primary N) is 1. The molecule has 3 N–H and O–H groups in total. The lowest BCUT2D eigenvalue weighted by Crippen LogP contribution is -2.27. The molecule has 0 saturated heterocycles. The van der Waals surface area contributed by atoms with E-state index in [4.69, 9.17) is 17.4 Å². The fraction of sp³-hybridized carbons (Fsp3) is 0.333. The van der Waals surface area contributed by atoms with E-state index >= 15 is 0 Å². The molecule has 0 aliphatic heterocycles. The van der Waals surface area contributed by atoms with Gasteiger partial charge in [0.05, 0.1) is 6.04 Å². The Hall–Kier alpha value is -0.830. The second-order valence-corrected chi connectivity index (χ2v) is 4.33. The number of hydrogen-bond donors (Lipinski definition) is 2. The van der Waals surface area contributed by atoms with Crippen LogP contribution in [0, 0.1) is 6.92 Å². The SMILES string of the molecule is CC(C)=CC(NN)c1cc(Cl)ccc1C. The summed E-state index contributed by atoms with van der Waals surface area (Å²) in [4.78, 5) is 0. The maximum atomic E-state index is 5.97.